The SMILES string of the molecule is Brc1noc2ccccc12. The number of benzene rings is 1. The van der Waals surface area contributed by atoms with E-state index in [0.29, 0.717) is 0 Å². The van der Waals surface area contributed by atoms with Crippen LogP contribution in [0.1, 0.15) is 0 Å². The number of rotatable bonds is 0. The summed E-state index contributed by atoms with van der Waals surface area (Å²) in [4.78, 5) is 0. The second kappa shape index (κ2) is 2.09. The molecule has 0 atom stereocenters. The van der Waals surface area contributed by atoms with Gasteiger partial charge in [0, 0.05) is 0 Å². The number of hydrogen-bond acceptors (Lipinski definition) is 2. The molecule has 0 saturated heterocycles. The van der Waals surface area contributed by atoms with E-state index in [0.717, 1.165) is 15.6 Å². The highest BCUT2D eigenvalue weighted by molar-refractivity contribution is 9.10. The van der Waals surface area contributed by atoms with Crippen LogP contribution in [0.5, 0.6) is 0 Å². The van der Waals surface area contributed by atoms with Gasteiger partial charge >= 0.3 is 0 Å². The van der Waals surface area contributed by atoms with E-state index in [9.17, 15) is 0 Å². The van der Waals surface area contributed by atoms with Gasteiger partial charge in [0.15, 0.2) is 10.2 Å². The molecule has 0 aliphatic rings. The smallest absolute Gasteiger partial charge is 0.168 e. The van der Waals surface area contributed by atoms with Crippen molar-refractivity contribution >= 4 is 26.9 Å². The molecule has 0 bridgehead atoms. The number of fused-ring (bicyclic) bond motifs is 1. The number of hydrogen-bond donors (Lipinski definition) is 0. The fraction of sp³-hybridized carbons (Fsp3) is 0. The highest BCUT2D eigenvalue weighted by Gasteiger charge is 2.01. The Labute approximate surface area is 65.9 Å². The predicted molar refractivity (Wildman–Crippen MR) is 41.7 cm³/mol. The van der Waals surface area contributed by atoms with Crippen molar-refractivity contribution in [2.75, 3.05) is 0 Å². The number of aromatic nitrogens is 1. The minimum atomic E-state index is 0.767. The first-order valence-corrected chi connectivity index (χ1v) is 3.67. The molecular weight excluding hydrogens is 194 g/mol. The van der Waals surface area contributed by atoms with E-state index < -0.39 is 0 Å². The molecule has 0 amide bonds. The van der Waals surface area contributed by atoms with Crippen LogP contribution in [0.15, 0.2) is 33.4 Å². The summed E-state index contributed by atoms with van der Waals surface area (Å²) in [5, 5.41) is 4.75. The van der Waals surface area contributed by atoms with Gasteiger partial charge in [-0.3, -0.25) is 0 Å². The van der Waals surface area contributed by atoms with Crippen molar-refractivity contribution in [1.82, 2.24) is 5.16 Å². The molecule has 0 aliphatic carbocycles. The lowest BCUT2D eigenvalue weighted by molar-refractivity contribution is 0.451. The molecule has 1 heterocycles. The van der Waals surface area contributed by atoms with E-state index in [1.165, 1.54) is 0 Å². The summed E-state index contributed by atoms with van der Waals surface area (Å²) in [7, 11) is 0. The molecule has 0 unspecified atom stereocenters. The van der Waals surface area contributed by atoms with Gasteiger partial charge in [-0.1, -0.05) is 17.3 Å². The Hall–Kier alpha value is -0.830. The quantitative estimate of drug-likeness (QED) is 0.650. The Morgan fingerprint density at radius 2 is 2.10 bits per heavy atom. The lowest BCUT2D eigenvalue weighted by Crippen LogP contribution is -1.61. The third-order valence-corrected chi connectivity index (χ3v) is 1.91. The maximum Gasteiger partial charge on any atom is 0.168 e. The lowest BCUT2D eigenvalue weighted by atomic mass is 10.3. The Morgan fingerprint density at radius 1 is 1.30 bits per heavy atom. The highest BCUT2D eigenvalue weighted by Crippen LogP contribution is 2.21. The normalized spacial score (nSPS) is 10.5. The van der Waals surface area contributed by atoms with Crippen LogP contribution < -0.4 is 0 Å². The molecule has 1 aromatic carbocycles. The molecule has 10 heavy (non-hydrogen) atoms. The predicted octanol–water partition coefficient (Wildman–Crippen LogP) is 2.59. The van der Waals surface area contributed by atoms with Crippen molar-refractivity contribution in [1.29, 1.82) is 0 Å². The fourth-order valence-corrected chi connectivity index (χ4v) is 1.26. The number of halogens is 1. The van der Waals surface area contributed by atoms with Crippen molar-refractivity contribution < 1.29 is 4.52 Å². The zero-order valence-corrected chi connectivity index (χ0v) is 6.63. The lowest BCUT2D eigenvalue weighted by Gasteiger charge is -1.81. The minimum Gasteiger partial charge on any atom is -0.355 e. The molecule has 0 saturated carbocycles. The molecule has 1 aromatic heterocycles. The second-order valence-electron chi connectivity index (χ2n) is 1.97. The average Bonchev–Trinajstić information content (AvgIpc) is 2.34. The first kappa shape index (κ1) is 5.92. The van der Waals surface area contributed by atoms with E-state index in [1.54, 1.807) is 0 Å². The Balaban J connectivity index is 2.93. The maximum absolute atomic E-state index is 4.95. The van der Waals surface area contributed by atoms with E-state index >= 15 is 0 Å². The van der Waals surface area contributed by atoms with E-state index in [4.69, 9.17) is 4.52 Å². The van der Waals surface area contributed by atoms with Crippen LogP contribution in [0.3, 0.4) is 0 Å². The number of para-hydroxylation sites is 1. The third kappa shape index (κ3) is 0.743. The Bertz CT molecular complexity index is 355. The molecule has 0 spiro atoms. The van der Waals surface area contributed by atoms with Crippen LogP contribution in [-0.2, 0) is 0 Å². The second-order valence-corrected chi connectivity index (χ2v) is 2.72. The Kier molecular flexibility index (Phi) is 1.24. The van der Waals surface area contributed by atoms with Crippen LogP contribution in [0.25, 0.3) is 11.0 Å². The highest BCUT2D eigenvalue weighted by atomic mass is 79.9. The van der Waals surface area contributed by atoms with Gasteiger partial charge in [0.05, 0.1) is 5.39 Å². The van der Waals surface area contributed by atoms with Crippen LogP contribution in [-0.4, -0.2) is 5.16 Å². The largest absolute Gasteiger partial charge is 0.355 e. The summed E-state index contributed by atoms with van der Waals surface area (Å²) < 4.78 is 5.72. The summed E-state index contributed by atoms with van der Waals surface area (Å²) in [6.07, 6.45) is 0. The fourth-order valence-electron chi connectivity index (χ4n) is 0.855. The summed E-state index contributed by atoms with van der Waals surface area (Å²) >= 11 is 3.26. The van der Waals surface area contributed by atoms with Crippen LogP contribution in [0, 0.1) is 0 Å². The van der Waals surface area contributed by atoms with Gasteiger partial charge in [-0.2, -0.15) is 0 Å². The van der Waals surface area contributed by atoms with Crippen molar-refractivity contribution in [2.45, 2.75) is 0 Å². The monoisotopic (exact) mass is 197 g/mol. The Morgan fingerprint density at radius 3 is 2.90 bits per heavy atom. The molecule has 2 rings (SSSR count). The molecule has 0 fully saturated rings. The molecular formula is C7H4BrNO. The van der Waals surface area contributed by atoms with Crippen molar-refractivity contribution in [3.63, 3.8) is 0 Å². The van der Waals surface area contributed by atoms with Crippen molar-refractivity contribution in [3.05, 3.63) is 28.9 Å². The van der Waals surface area contributed by atoms with Gasteiger partial charge in [-0.05, 0) is 28.1 Å². The zero-order valence-electron chi connectivity index (χ0n) is 5.04. The molecule has 0 aliphatic heterocycles. The topological polar surface area (TPSA) is 26.0 Å². The van der Waals surface area contributed by atoms with Gasteiger partial charge < -0.3 is 4.52 Å². The van der Waals surface area contributed by atoms with Crippen molar-refractivity contribution in [2.24, 2.45) is 0 Å². The van der Waals surface area contributed by atoms with Crippen LogP contribution in [0.4, 0.5) is 0 Å². The van der Waals surface area contributed by atoms with Gasteiger partial charge in [-0.25, -0.2) is 0 Å². The molecule has 50 valence electrons. The van der Waals surface area contributed by atoms with Gasteiger partial charge in [0.1, 0.15) is 0 Å². The standard InChI is InChI=1S/C7H4BrNO/c8-7-5-3-1-2-4-6(5)10-9-7/h1-4H. The summed E-state index contributed by atoms with van der Waals surface area (Å²) in [6, 6.07) is 7.70. The van der Waals surface area contributed by atoms with Gasteiger partial charge in [-0.15, -0.1) is 0 Å². The summed E-state index contributed by atoms with van der Waals surface area (Å²) in [6.45, 7) is 0. The van der Waals surface area contributed by atoms with E-state index in [-0.39, 0.29) is 0 Å². The summed E-state index contributed by atoms with van der Waals surface area (Å²) in [5.41, 5.74) is 0.814. The molecule has 2 aromatic rings. The first-order chi connectivity index (χ1) is 4.88. The molecule has 0 radical (unpaired) electrons. The molecule has 3 heteroatoms. The minimum absolute atomic E-state index is 0.767. The van der Waals surface area contributed by atoms with Gasteiger partial charge in [0.25, 0.3) is 0 Å². The average molecular weight is 198 g/mol. The molecule has 2 nitrogen and oxygen atoms in total. The first-order valence-electron chi connectivity index (χ1n) is 2.88. The van der Waals surface area contributed by atoms with Gasteiger partial charge in [0.2, 0.25) is 0 Å². The van der Waals surface area contributed by atoms with Crippen LogP contribution >= 0.6 is 15.9 Å². The molecule has 0 N–H and O–H groups in total. The third-order valence-electron chi connectivity index (χ3n) is 1.33. The van der Waals surface area contributed by atoms with Crippen molar-refractivity contribution in [3.8, 4) is 0 Å². The van der Waals surface area contributed by atoms with E-state index in [2.05, 4.69) is 21.1 Å². The number of nitrogens with zero attached hydrogens (tertiary/aromatic N) is 1. The van der Waals surface area contributed by atoms with Crippen LogP contribution in [0.2, 0.25) is 0 Å². The zero-order chi connectivity index (χ0) is 6.97. The maximum atomic E-state index is 4.95. The summed E-state index contributed by atoms with van der Waals surface area (Å²) in [5.74, 6) is 0. The van der Waals surface area contributed by atoms with E-state index in [1.807, 2.05) is 24.3 Å².